The number of phenolic OH excluding ortho intramolecular Hbond substituents is 1. The number of aromatic nitrogens is 3. The van der Waals surface area contributed by atoms with Crippen molar-refractivity contribution in [3.63, 3.8) is 0 Å². The predicted octanol–water partition coefficient (Wildman–Crippen LogP) is 2.44. The summed E-state index contributed by atoms with van der Waals surface area (Å²) in [5.74, 6) is 0.806. The third-order valence-corrected chi connectivity index (χ3v) is 2.94. The van der Waals surface area contributed by atoms with Crippen LogP contribution in [-0.4, -0.2) is 27.2 Å². The summed E-state index contributed by atoms with van der Waals surface area (Å²) < 4.78 is 5.25. The molecule has 0 spiro atoms. The van der Waals surface area contributed by atoms with Crippen molar-refractivity contribution >= 4 is 11.0 Å². The highest BCUT2D eigenvalue weighted by Crippen LogP contribution is 2.26. The fraction of sp³-hybridized carbons (Fsp3) is 0.143. The van der Waals surface area contributed by atoms with Crippen LogP contribution in [0.5, 0.6) is 11.5 Å². The maximum absolute atomic E-state index is 9.91. The minimum absolute atomic E-state index is 0.143. The summed E-state index contributed by atoms with van der Waals surface area (Å²) in [5.41, 5.74) is 2.98. The molecule has 0 saturated carbocycles. The smallest absolute Gasteiger partial charge is 0.155 e. The van der Waals surface area contributed by atoms with Gasteiger partial charge in [-0.3, -0.25) is 0 Å². The summed E-state index contributed by atoms with van der Waals surface area (Å²) >= 11 is 0. The molecule has 0 fully saturated rings. The summed E-state index contributed by atoms with van der Waals surface area (Å²) in [7, 11) is 1.60. The fourth-order valence-corrected chi connectivity index (χ4v) is 1.98. The van der Waals surface area contributed by atoms with Crippen molar-refractivity contribution in [1.29, 1.82) is 0 Å². The van der Waals surface area contributed by atoms with Gasteiger partial charge < -0.3 is 9.84 Å². The van der Waals surface area contributed by atoms with E-state index in [9.17, 15) is 5.11 Å². The largest absolute Gasteiger partial charge is 0.506 e. The zero-order valence-corrected chi connectivity index (χ0v) is 10.7. The Bertz CT molecular complexity index is 750. The van der Waals surface area contributed by atoms with E-state index < -0.39 is 0 Å². The van der Waals surface area contributed by atoms with E-state index in [0.717, 1.165) is 11.1 Å². The molecule has 0 bridgehead atoms. The minimum Gasteiger partial charge on any atom is -0.506 e. The van der Waals surface area contributed by atoms with E-state index in [1.54, 1.807) is 13.2 Å². The molecule has 0 atom stereocenters. The zero-order valence-electron chi connectivity index (χ0n) is 10.7. The molecule has 1 heterocycles. The van der Waals surface area contributed by atoms with Gasteiger partial charge in [-0.2, -0.15) is 0 Å². The van der Waals surface area contributed by atoms with Crippen molar-refractivity contribution in [2.24, 2.45) is 0 Å². The molecule has 3 aromatic rings. The van der Waals surface area contributed by atoms with E-state index in [0.29, 0.717) is 17.0 Å². The Balaban J connectivity index is 2.23. The number of aryl methyl sites for hydroxylation is 1. The van der Waals surface area contributed by atoms with E-state index >= 15 is 0 Å². The maximum Gasteiger partial charge on any atom is 0.155 e. The van der Waals surface area contributed by atoms with Gasteiger partial charge in [-0.05, 0) is 36.8 Å². The SMILES string of the molecule is COc1cccc2nn(-c3cc(C)ccc3O)nc12. The lowest BCUT2D eigenvalue weighted by Gasteiger charge is -2.03. The molecule has 0 unspecified atom stereocenters. The normalized spacial score (nSPS) is 10.8. The Morgan fingerprint density at radius 3 is 2.79 bits per heavy atom. The Labute approximate surface area is 110 Å². The van der Waals surface area contributed by atoms with Crippen LogP contribution in [0.25, 0.3) is 16.7 Å². The summed E-state index contributed by atoms with van der Waals surface area (Å²) in [6, 6.07) is 10.8. The molecule has 2 aromatic carbocycles. The van der Waals surface area contributed by atoms with Crippen LogP contribution in [0.3, 0.4) is 0 Å². The fourth-order valence-electron chi connectivity index (χ4n) is 1.98. The second-order valence-electron chi connectivity index (χ2n) is 4.31. The van der Waals surface area contributed by atoms with Gasteiger partial charge in [0.05, 0.1) is 7.11 Å². The first-order chi connectivity index (χ1) is 9.19. The second kappa shape index (κ2) is 4.28. The van der Waals surface area contributed by atoms with Gasteiger partial charge in [-0.25, -0.2) is 0 Å². The van der Waals surface area contributed by atoms with Gasteiger partial charge in [-0.15, -0.1) is 15.0 Å². The molecular weight excluding hydrogens is 242 g/mol. The van der Waals surface area contributed by atoms with E-state index in [2.05, 4.69) is 10.2 Å². The van der Waals surface area contributed by atoms with Crippen molar-refractivity contribution in [3.8, 4) is 17.2 Å². The van der Waals surface area contributed by atoms with Gasteiger partial charge in [0.2, 0.25) is 0 Å². The number of rotatable bonds is 2. The molecule has 0 radical (unpaired) electrons. The molecule has 0 amide bonds. The topological polar surface area (TPSA) is 60.2 Å². The number of hydrogen-bond donors (Lipinski definition) is 1. The Kier molecular flexibility index (Phi) is 2.59. The summed E-state index contributed by atoms with van der Waals surface area (Å²) in [4.78, 5) is 1.43. The van der Waals surface area contributed by atoms with Gasteiger partial charge >= 0.3 is 0 Å². The predicted molar refractivity (Wildman–Crippen MR) is 71.8 cm³/mol. The monoisotopic (exact) mass is 255 g/mol. The average Bonchev–Trinajstić information content (AvgIpc) is 2.85. The van der Waals surface area contributed by atoms with Gasteiger partial charge in [0.25, 0.3) is 0 Å². The zero-order chi connectivity index (χ0) is 13.4. The number of aromatic hydroxyl groups is 1. The van der Waals surface area contributed by atoms with Crippen LogP contribution in [0.15, 0.2) is 36.4 Å². The molecule has 1 aromatic heterocycles. The first kappa shape index (κ1) is 11.5. The molecule has 1 N–H and O–H groups in total. The molecule has 3 rings (SSSR count). The molecule has 0 saturated heterocycles. The first-order valence-electron chi connectivity index (χ1n) is 5.89. The third-order valence-electron chi connectivity index (χ3n) is 2.94. The average molecular weight is 255 g/mol. The van der Waals surface area contributed by atoms with Crippen molar-refractivity contribution in [2.75, 3.05) is 7.11 Å². The van der Waals surface area contributed by atoms with Crippen LogP contribution in [-0.2, 0) is 0 Å². The lowest BCUT2D eigenvalue weighted by Crippen LogP contribution is -1.99. The first-order valence-corrected chi connectivity index (χ1v) is 5.89. The van der Waals surface area contributed by atoms with Crippen molar-refractivity contribution < 1.29 is 9.84 Å². The highest BCUT2D eigenvalue weighted by molar-refractivity contribution is 5.80. The van der Waals surface area contributed by atoms with Gasteiger partial charge in [-0.1, -0.05) is 12.1 Å². The van der Waals surface area contributed by atoms with Gasteiger partial charge in [0.15, 0.2) is 5.52 Å². The standard InChI is InChI=1S/C14H13N3O2/c1-9-6-7-12(18)11(8-9)17-15-10-4-3-5-13(19-2)14(10)16-17/h3-8,18H,1-2H3. The summed E-state index contributed by atoms with van der Waals surface area (Å²) in [6.45, 7) is 1.95. The number of hydrogen-bond acceptors (Lipinski definition) is 4. The molecule has 5 nitrogen and oxygen atoms in total. The highest BCUT2D eigenvalue weighted by atomic mass is 16.5. The maximum atomic E-state index is 9.91. The van der Waals surface area contributed by atoms with Crippen LogP contribution in [0.1, 0.15) is 5.56 Å². The Hall–Kier alpha value is -2.56. The lowest BCUT2D eigenvalue weighted by molar-refractivity contribution is 0.418. The number of nitrogens with zero attached hydrogens (tertiary/aromatic N) is 3. The number of methoxy groups -OCH3 is 1. The number of phenols is 1. The molecule has 96 valence electrons. The Morgan fingerprint density at radius 1 is 1.16 bits per heavy atom. The van der Waals surface area contributed by atoms with Crippen molar-refractivity contribution in [3.05, 3.63) is 42.0 Å². The van der Waals surface area contributed by atoms with Crippen LogP contribution in [0.4, 0.5) is 0 Å². The molecule has 19 heavy (non-hydrogen) atoms. The van der Waals surface area contributed by atoms with Crippen LogP contribution < -0.4 is 4.74 Å². The van der Waals surface area contributed by atoms with Gasteiger partial charge in [0.1, 0.15) is 22.7 Å². The molecule has 0 aliphatic rings. The molecule has 0 aliphatic heterocycles. The second-order valence-corrected chi connectivity index (χ2v) is 4.31. The third kappa shape index (κ3) is 1.89. The van der Waals surface area contributed by atoms with Gasteiger partial charge in [0, 0.05) is 0 Å². The summed E-state index contributed by atoms with van der Waals surface area (Å²) in [5, 5.41) is 18.6. The number of benzene rings is 2. The highest BCUT2D eigenvalue weighted by Gasteiger charge is 2.11. The molecular formula is C14H13N3O2. The van der Waals surface area contributed by atoms with Crippen molar-refractivity contribution in [2.45, 2.75) is 6.92 Å². The van der Waals surface area contributed by atoms with E-state index in [4.69, 9.17) is 4.74 Å². The molecule has 5 heteroatoms. The Morgan fingerprint density at radius 2 is 2.00 bits per heavy atom. The summed E-state index contributed by atoms with van der Waals surface area (Å²) in [6.07, 6.45) is 0. The van der Waals surface area contributed by atoms with E-state index in [1.165, 1.54) is 4.80 Å². The minimum atomic E-state index is 0.143. The van der Waals surface area contributed by atoms with Crippen LogP contribution >= 0.6 is 0 Å². The van der Waals surface area contributed by atoms with E-state index in [1.807, 2.05) is 37.3 Å². The molecule has 0 aliphatic carbocycles. The van der Waals surface area contributed by atoms with Crippen LogP contribution in [0.2, 0.25) is 0 Å². The van der Waals surface area contributed by atoms with Crippen molar-refractivity contribution in [1.82, 2.24) is 15.0 Å². The number of ether oxygens (including phenoxy) is 1. The number of fused-ring (bicyclic) bond motifs is 1. The van der Waals surface area contributed by atoms with Crippen LogP contribution in [0, 0.1) is 6.92 Å². The quantitative estimate of drug-likeness (QED) is 0.764. The van der Waals surface area contributed by atoms with E-state index in [-0.39, 0.29) is 5.75 Å². The lowest BCUT2D eigenvalue weighted by atomic mass is 10.2.